The molecule has 0 fully saturated rings. The zero-order valence-electron chi connectivity index (χ0n) is 12.0. The van der Waals surface area contributed by atoms with Crippen LogP contribution in [0, 0.1) is 6.92 Å². The van der Waals surface area contributed by atoms with Crippen molar-refractivity contribution in [2.45, 2.75) is 45.1 Å². The number of sulfonamides is 1. The Morgan fingerprint density at radius 3 is 2.16 bits per heavy atom. The fraction of sp³-hybridized carbons (Fsp3) is 0.571. The lowest BCUT2D eigenvalue weighted by Gasteiger charge is -2.22. The number of rotatable bonds is 7. The molecular formula is C14H24N2O2S. The number of benzene rings is 1. The molecule has 4 nitrogen and oxygen atoms in total. The zero-order chi connectivity index (χ0) is 14.5. The first-order valence-corrected chi connectivity index (χ1v) is 8.21. The number of nitrogens with two attached hydrogens (primary N) is 1. The molecule has 0 spiro atoms. The van der Waals surface area contributed by atoms with Gasteiger partial charge < -0.3 is 5.73 Å². The van der Waals surface area contributed by atoms with E-state index in [2.05, 4.69) is 0 Å². The van der Waals surface area contributed by atoms with Gasteiger partial charge in [0.2, 0.25) is 10.0 Å². The Morgan fingerprint density at radius 2 is 1.74 bits per heavy atom. The van der Waals surface area contributed by atoms with Crippen LogP contribution >= 0.6 is 0 Å². The van der Waals surface area contributed by atoms with Gasteiger partial charge in [-0.3, -0.25) is 0 Å². The maximum atomic E-state index is 12.6. The number of hydrogen-bond acceptors (Lipinski definition) is 3. The standard InChI is InChI=1S/C14H24N2O2S/c1-4-8-16(9-5-2)19(17,18)14-7-6-13(11-15)10-12(14)3/h6-7,10H,4-5,8-9,11,15H2,1-3H3. The largest absolute Gasteiger partial charge is 0.326 e. The summed E-state index contributed by atoms with van der Waals surface area (Å²) in [4.78, 5) is 0.395. The van der Waals surface area contributed by atoms with Gasteiger partial charge in [0.15, 0.2) is 0 Å². The predicted molar refractivity (Wildman–Crippen MR) is 78.4 cm³/mol. The minimum absolute atomic E-state index is 0.395. The first-order valence-electron chi connectivity index (χ1n) is 6.77. The molecule has 0 unspecified atom stereocenters. The monoisotopic (exact) mass is 284 g/mol. The van der Waals surface area contributed by atoms with E-state index in [1.54, 1.807) is 16.4 Å². The summed E-state index contributed by atoms with van der Waals surface area (Å²) in [6.07, 6.45) is 1.64. The van der Waals surface area contributed by atoms with Crippen molar-refractivity contribution >= 4 is 10.0 Å². The summed E-state index contributed by atoms with van der Waals surface area (Å²) in [7, 11) is -3.39. The van der Waals surface area contributed by atoms with E-state index in [0.29, 0.717) is 24.5 Å². The number of hydrogen-bond donors (Lipinski definition) is 1. The summed E-state index contributed by atoms with van der Waals surface area (Å²) in [5.41, 5.74) is 7.29. The summed E-state index contributed by atoms with van der Waals surface area (Å²) in [6.45, 7) is 7.35. The van der Waals surface area contributed by atoms with Gasteiger partial charge in [0.25, 0.3) is 0 Å². The molecule has 5 heteroatoms. The van der Waals surface area contributed by atoms with E-state index in [-0.39, 0.29) is 0 Å². The molecule has 0 aliphatic rings. The minimum Gasteiger partial charge on any atom is -0.326 e. The summed E-state index contributed by atoms with van der Waals surface area (Å²) in [6, 6.07) is 5.31. The molecule has 0 amide bonds. The lowest BCUT2D eigenvalue weighted by Crippen LogP contribution is -2.33. The first kappa shape index (κ1) is 16.1. The van der Waals surface area contributed by atoms with Crippen LogP contribution in [0.2, 0.25) is 0 Å². The molecule has 0 aliphatic carbocycles. The fourth-order valence-electron chi connectivity index (χ4n) is 2.12. The van der Waals surface area contributed by atoms with Crippen molar-refractivity contribution in [1.29, 1.82) is 0 Å². The van der Waals surface area contributed by atoms with Crippen molar-refractivity contribution in [2.24, 2.45) is 5.73 Å². The molecule has 0 saturated carbocycles. The molecule has 0 aliphatic heterocycles. The van der Waals surface area contributed by atoms with Crippen molar-refractivity contribution in [3.63, 3.8) is 0 Å². The third-order valence-corrected chi connectivity index (χ3v) is 5.10. The molecule has 0 saturated heterocycles. The summed E-state index contributed by atoms with van der Waals surface area (Å²) in [5.74, 6) is 0. The van der Waals surface area contributed by atoms with Gasteiger partial charge in [-0.15, -0.1) is 0 Å². The Balaban J connectivity index is 3.17. The highest BCUT2D eigenvalue weighted by atomic mass is 32.2. The van der Waals surface area contributed by atoms with Crippen molar-refractivity contribution in [1.82, 2.24) is 4.31 Å². The summed E-state index contributed by atoms with van der Waals surface area (Å²) >= 11 is 0. The lowest BCUT2D eigenvalue weighted by molar-refractivity contribution is 0.409. The Kier molecular flexibility index (Phi) is 5.97. The molecule has 19 heavy (non-hydrogen) atoms. The molecule has 1 aromatic rings. The molecule has 0 aromatic heterocycles. The Bertz CT molecular complexity index is 506. The Morgan fingerprint density at radius 1 is 1.16 bits per heavy atom. The Hall–Kier alpha value is -0.910. The highest BCUT2D eigenvalue weighted by Gasteiger charge is 2.24. The van der Waals surface area contributed by atoms with Gasteiger partial charge in [0.1, 0.15) is 0 Å². The van der Waals surface area contributed by atoms with E-state index < -0.39 is 10.0 Å². The van der Waals surface area contributed by atoms with Crippen molar-refractivity contribution < 1.29 is 8.42 Å². The molecule has 0 radical (unpaired) electrons. The van der Waals surface area contributed by atoms with E-state index in [4.69, 9.17) is 5.73 Å². The molecule has 0 heterocycles. The maximum absolute atomic E-state index is 12.6. The summed E-state index contributed by atoms with van der Waals surface area (Å²) < 4.78 is 26.8. The van der Waals surface area contributed by atoms with Crippen LogP contribution in [0.4, 0.5) is 0 Å². The third-order valence-electron chi connectivity index (χ3n) is 3.04. The van der Waals surface area contributed by atoms with Crippen LogP contribution in [0.3, 0.4) is 0 Å². The quantitative estimate of drug-likeness (QED) is 0.835. The normalized spacial score (nSPS) is 12.1. The number of nitrogens with zero attached hydrogens (tertiary/aromatic N) is 1. The molecular weight excluding hydrogens is 260 g/mol. The highest BCUT2D eigenvalue weighted by molar-refractivity contribution is 7.89. The van der Waals surface area contributed by atoms with Gasteiger partial charge in [0.05, 0.1) is 4.90 Å². The highest BCUT2D eigenvalue weighted by Crippen LogP contribution is 2.21. The SMILES string of the molecule is CCCN(CCC)S(=O)(=O)c1ccc(CN)cc1C. The second-order valence-electron chi connectivity index (χ2n) is 4.71. The molecule has 108 valence electrons. The minimum atomic E-state index is -3.39. The lowest BCUT2D eigenvalue weighted by atomic mass is 10.1. The smallest absolute Gasteiger partial charge is 0.243 e. The first-order chi connectivity index (χ1) is 8.97. The van der Waals surface area contributed by atoms with Gasteiger partial charge in [-0.1, -0.05) is 26.0 Å². The van der Waals surface area contributed by atoms with Crippen molar-refractivity contribution in [3.05, 3.63) is 29.3 Å². The van der Waals surface area contributed by atoms with Crippen LogP contribution in [0.1, 0.15) is 37.8 Å². The van der Waals surface area contributed by atoms with Crippen LogP contribution in [0.5, 0.6) is 0 Å². The molecule has 0 bridgehead atoms. The van der Waals surface area contributed by atoms with Crippen LogP contribution in [-0.4, -0.2) is 25.8 Å². The Labute approximate surface area is 116 Å². The van der Waals surface area contributed by atoms with E-state index in [1.165, 1.54) is 0 Å². The van der Waals surface area contributed by atoms with Crippen molar-refractivity contribution in [2.75, 3.05) is 13.1 Å². The summed E-state index contributed by atoms with van der Waals surface area (Å²) in [5, 5.41) is 0. The fourth-order valence-corrected chi connectivity index (χ4v) is 3.95. The number of aryl methyl sites for hydroxylation is 1. The van der Waals surface area contributed by atoms with Gasteiger partial charge in [-0.05, 0) is 37.0 Å². The van der Waals surface area contributed by atoms with Gasteiger partial charge in [0, 0.05) is 19.6 Å². The average Bonchev–Trinajstić information content (AvgIpc) is 2.38. The van der Waals surface area contributed by atoms with E-state index in [1.807, 2.05) is 26.8 Å². The van der Waals surface area contributed by atoms with Crippen LogP contribution < -0.4 is 5.73 Å². The van der Waals surface area contributed by atoms with Crippen LogP contribution in [0.25, 0.3) is 0 Å². The van der Waals surface area contributed by atoms with Gasteiger partial charge in [-0.25, -0.2) is 8.42 Å². The van der Waals surface area contributed by atoms with Crippen LogP contribution in [-0.2, 0) is 16.6 Å². The molecule has 2 N–H and O–H groups in total. The molecule has 1 aromatic carbocycles. The van der Waals surface area contributed by atoms with Gasteiger partial charge >= 0.3 is 0 Å². The van der Waals surface area contributed by atoms with E-state index in [9.17, 15) is 8.42 Å². The molecule has 0 atom stereocenters. The second kappa shape index (κ2) is 7.03. The van der Waals surface area contributed by atoms with Crippen molar-refractivity contribution in [3.8, 4) is 0 Å². The topological polar surface area (TPSA) is 63.4 Å². The van der Waals surface area contributed by atoms with E-state index >= 15 is 0 Å². The maximum Gasteiger partial charge on any atom is 0.243 e. The van der Waals surface area contributed by atoms with Gasteiger partial charge in [-0.2, -0.15) is 4.31 Å². The third kappa shape index (κ3) is 3.78. The van der Waals surface area contributed by atoms with Crippen LogP contribution in [0.15, 0.2) is 23.1 Å². The predicted octanol–water partition coefficient (Wildman–Crippen LogP) is 2.26. The average molecular weight is 284 g/mol. The zero-order valence-corrected chi connectivity index (χ0v) is 12.8. The molecule has 1 rings (SSSR count). The van der Waals surface area contributed by atoms with E-state index in [0.717, 1.165) is 24.0 Å². The second-order valence-corrected chi connectivity index (χ2v) is 6.61.